The Morgan fingerprint density at radius 2 is 2.15 bits per heavy atom. The van der Waals surface area contributed by atoms with Gasteiger partial charge in [-0.15, -0.1) is 0 Å². The van der Waals surface area contributed by atoms with Crippen LogP contribution in [0.15, 0.2) is 0 Å². The van der Waals surface area contributed by atoms with Crippen LogP contribution in [0.2, 0.25) is 0 Å². The van der Waals surface area contributed by atoms with Crippen molar-refractivity contribution in [3.8, 4) is 0 Å². The van der Waals surface area contributed by atoms with Crippen LogP contribution in [0.5, 0.6) is 0 Å². The zero-order valence-electron chi connectivity index (χ0n) is 7.91. The van der Waals surface area contributed by atoms with Crippen LogP contribution in [-0.2, 0) is 15.8 Å². The Hall–Kier alpha value is 0.0300. The standard InChI is InChI=1S/C8H17NO3S/c1-2-12-8(7-13(10)11)3-5-9-6-4-8/h9H,2-7H2,1H3,(H,10,11). The topological polar surface area (TPSA) is 58.6 Å². The molecule has 0 aromatic rings. The summed E-state index contributed by atoms with van der Waals surface area (Å²) in [5.74, 6) is 0.239. The first-order valence-corrected chi connectivity index (χ1v) is 5.88. The summed E-state index contributed by atoms with van der Waals surface area (Å²) in [5.41, 5.74) is -0.361. The minimum absolute atomic E-state index is 0.239. The fourth-order valence-electron chi connectivity index (χ4n) is 1.74. The van der Waals surface area contributed by atoms with Crippen molar-refractivity contribution in [3.05, 3.63) is 0 Å². The lowest BCUT2D eigenvalue weighted by Crippen LogP contribution is -2.47. The van der Waals surface area contributed by atoms with E-state index < -0.39 is 11.1 Å². The van der Waals surface area contributed by atoms with E-state index >= 15 is 0 Å². The molecule has 0 bridgehead atoms. The third kappa shape index (κ3) is 3.34. The minimum atomic E-state index is -1.76. The Labute approximate surface area is 81.3 Å². The number of hydrogen-bond donors (Lipinski definition) is 2. The molecule has 13 heavy (non-hydrogen) atoms. The molecule has 0 radical (unpaired) electrons. The van der Waals surface area contributed by atoms with Gasteiger partial charge in [-0.05, 0) is 32.9 Å². The number of piperidine rings is 1. The molecule has 0 spiro atoms. The maximum absolute atomic E-state index is 10.8. The number of nitrogens with one attached hydrogen (secondary N) is 1. The van der Waals surface area contributed by atoms with Gasteiger partial charge in [0, 0.05) is 6.61 Å². The third-order valence-corrected chi connectivity index (χ3v) is 3.12. The third-order valence-electron chi connectivity index (χ3n) is 2.35. The summed E-state index contributed by atoms with van der Waals surface area (Å²) < 4.78 is 25.2. The lowest BCUT2D eigenvalue weighted by Gasteiger charge is -2.36. The maximum atomic E-state index is 10.8. The quantitative estimate of drug-likeness (QED) is 0.654. The molecule has 0 saturated carbocycles. The molecule has 78 valence electrons. The first-order chi connectivity index (χ1) is 6.18. The van der Waals surface area contributed by atoms with E-state index in [1.165, 1.54) is 0 Å². The lowest BCUT2D eigenvalue weighted by molar-refractivity contribution is -0.0426. The highest BCUT2D eigenvalue weighted by Crippen LogP contribution is 2.23. The predicted octanol–water partition coefficient (Wildman–Crippen LogP) is 0.367. The van der Waals surface area contributed by atoms with Crippen LogP contribution in [0, 0.1) is 0 Å². The summed E-state index contributed by atoms with van der Waals surface area (Å²) in [6, 6.07) is 0. The first kappa shape index (κ1) is 11.1. The molecule has 1 rings (SSSR count). The van der Waals surface area contributed by atoms with Gasteiger partial charge in [0.05, 0.1) is 11.4 Å². The van der Waals surface area contributed by atoms with Crippen LogP contribution in [0.1, 0.15) is 19.8 Å². The molecule has 1 aliphatic heterocycles. The summed E-state index contributed by atoms with van der Waals surface area (Å²) >= 11 is -1.76. The number of ether oxygens (including phenoxy) is 1. The molecular formula is C8H17NO3S. The largest absolute Gasteiger partial charge is 0.374 e. The molecule has 1 unspecified atom stereocenters. The van der Waals surface area contributed by atoms with Gasteiger partial charge < -0.3 is 14.6 Å². The molecule has 1 saturated heterocycles. The number of hydrogen-bond acceptors (Lipinski definition) is 3. The van der Waals surface area contributed by atoms with Crippen molar-refractivity contribution in [2.24, 2.45) is 0 Å². The molecule has 0 aliphatic carbocycles. The van der Waals surface area contributed by atoms with Gasteiger partial charge in [-0.3, -0.25) is 0 Å². The highest BCUT2D eigenvalue weighted by molar-refractivity contribution is 7.79. The van der Waals surface area contributed by atoms with E-state index in [2.05, 4.69) is 5.32 Å². The molecule has 1 heterocycles. The second-order valence-electron chi connectivity index (χ2n) is 3.33. The fourth-order valence-corrected chi connectivity index (χ4v) is 2.57. The molecule has 5 heteroatoms. The average molecular weight is 207 g/mol. The second kappa shape index (κ2) is 5.05. The van der Waals surface area contributed by atoms with Gasteiger partial charge in [0.15, 0.2) is 11.1 Å². The van der Waals surface area contributed by atoms with E-state index in [-0.39, 0.29) is 11.4 Å². The molecule has 0 amide bonds. The molecule has 1 fully saturated rings. The van der Waals surface area contributed by atoms with Gasteiger partial charge in [0.2, 0.25) is 0 Å². The van der Waals surface area contributed by atoms with Gasteiger partial charge in [-0.1, -0.05) is 0 Å². The van der Waals surface area contributed by atoms with Crippen molar-refractivity contribution in [2.75, 3.05) is 25.4 Å². The zero-order valence-corrected chi connectivity index (χ0v) is 8.73. The highest BCUT2D eigenvalue weighted by Gasteiger charge is 2.34. The average Bonchev–Trinajstić information content (AvgIpc) is 2.04. The predicted molar refractivity (Wildman–Crippen MR) is 52.1 cm³/mol. The molecular weight excluding hydrogens is 190 g/mol. The van der Waals surface area contributed by atoms with Gasteiger partial charge >= 0.3 is 0 Å². The van der Waals surface area contributed by atoms with Gasteiger partial charge in [-0.25, -0.2) is 4.21 Å². The van der Waals surface area contributed by atoms with Crippen molar-refractivity contribution in [3.63, 3.8) is 0 Å². The van der Waals surface area contributed by atoms with Crippen LogP contribution in [0.3, 0.4) is 0 Å². The summed E-state index contributed by atoms with van der Waals surface area (Å²) in [6.07, 6.45) is 1.65. The molecule has 1 atom stereocenters. The summed E-state index contributed by atoms with van der Waals surface area (Å²) in [7, 11) is 0. The van der Waals surface area contributed by atoms with E-state index in [9.17, 15) is 4.21 Å². The summed E-state index contributed by atoms with van der Waals surface area (Å²) in [5, 5.41) is 3.21. The molecule has 0 aromatic carbocycles. The van der Waals surface area contributed by atoms with E-state index in [0.717, 1.165) is 25.9 Å². The van der Waals surface area contributed by atoms with E-state index in [4.69, 9.17) is 9.29 Å². The zero-order chi connectivity index (χ0) is 9.73. The first-order valence-electron chi connectivity index (χ1n) is 4.61. The Bertz CT molecular complexity index is 175. The van der Waals surface area contributed by atoms with Crippen molar-refractivity contribution in [1.29, 1.82) is 0 Å². The van der Waals surface area contributed by atoms with E-state index in [1.807, 2.05) is 6.92 Å². The van der Waals surface area contributed by atoms with Crippen LogP contribution in [0.25, 0.3) is 0 Å². The van der Waals surface area contributed by atoms with Crippen molar-refractivity contribution in [1.82, 2.24) is 5.32 Å². The Balaban J connectivity index is 2.55. The maximum Gasteiger partial charge on any atom is 0.155 e. The van der Waals surface area contributed by atoms with Crippen molar-refractivity contribution in [2.45, 2.75) is 25.4 Å². The van der Waals surface area contributed by atoms with Crippen LogP contribution in [0.4, 0.5) is 0 Å². The van der Waals surface area contributed by atoms with Gasteiger partial charge in [0.1, 0.15) is 0 Å². The smallest absolute Gasteiger partial charge is 0.155 e. The monoisotopic (exact) mass is 207 g/mol. The van der Waals surface area contributed by atoms with Crippen LogP contribution >= 0.6 is 0 Å². The molecule has 0 aromatic heterocycles. The Morgan fingerprint density at radius 3 is 2.62 bits per heavy atom. The van der Waals surface area contributed by atoms with Crippen molar-refractivity contribution >= 4 is 11.1 Å². The summed E-state index contributed by atoms with van der Waals surface area (Å²) in [4.78, 5) is 0. The van der Waals surface area contributed by atoms with Crippen molar-refractivity contribution < 1.29 is 13.5 Å². The van der Waals surface area contributed by atoms with Crippen LogP contribution in [-0.4, -0.2) is 39.8 Å². The Kier molecular flexibility index (Phi) is 4.31. The van der Waals surface area contributed by atoms with E-state index in [1.54, 1.807) is 0 Å². The van der Waals surface area contributed by atoms with Crippen LogP contribution < -0.4 is 5.32 Å². The van der Waals surface area contributed by atoms with Gasteiger partial charge in [-0.2, -0.15) is 0 Å². The molecule has 2 N–H and O–H groups in total. The lowest BCUT2D eigenvalue weighted by atomic mass is 9.94. The second-order valence-corrected chi connectivity index (χ2v) is 4.26. The van der Waals surface area contributed by atoms with E-state index in [0.29, 0.717) is 6.61 Å². The van der Waals surface area contributed by atoms with Gasteiger partial charge in [0.25, 0.3) is 0 Å². The SMILES string of the molecule is CCOC1(CS(=O)O)CCNCC1. The Morgan fingerprint density at radius 1 is 1.54 bits per heavy atom. The molecule has 1 aliphatic rings. The normalized spacial score (nSPS) is 24.2. The highest BCUT2D eigenvalue weighted by atomic mass is 32.2. The minimum Gasteiger partial charge on any atom is -0.374 e. The summed E-state index contributed by atoms with van der Waals surface area (Å²) in [6.45, 7) is 4.27. The fraction of sp³-hybridized carbons (Fsp3) is 1.00. The molecule has 4 nitrogen and oxygen atoms in total. The number of rotatable bonds is 4.